The molecule has 3 aromatic rings. The molecule has 0 unspecified atom stereocenters. The van der Waals surface area contributed by atoms with Crippen molar-refractivity contribution >= 4 is 6.21 Å². The molecule has 0 saturated heterocycles. The van der Waals surface area contributed by atoms with Gasteiger partial charge in [0.2, 0.25) is 0 Å². The van der Waals surface area contributed by atoms with Crippen molar-refractivity contribution in [3.63, 3.8) is 0 Å². The minimum absolute atomic E-state index is 0.0232. The molecule has 4 heteroatoms. The normalized spacial score (nSPS) is 11.2. The molecule has 3 aromatic carbocycles. The topological polar surface area (TPSA) is 21.6 Å². The molecule has 3 rings (SSSR count). The van der Waals surface area contributed by atoms with Gasteiger partial charge in [-0.15, -0.1) is 0 Å². The quantitative estimate of drug-likeness (QED) is 0.417. The number of hydrogen-bond acceptors (Lipinski definition) is 2. The van der Waals surface area contributed by atoms with Crippen LogP contribution in [-0.4, -0.2) is 6.21 Å². The second kappa shape index (κ2) is 8.20. The highest BCUT2D eigenvalue weighted by atomic mass is 19.3. The Balaban J connectivity index is 1.53. The zero-order valence-electron chi connectivity index (χ0n) is 13.4. The number of hydrogen-bond donors (Lipinski definition) is 0. The van der Waals surface area contributed by atoms with Gasteiger partial charge in [-0.1, -0.05) is 84.0 Å². The first-order valence-corrected chi connectivity index (χ1v) is 7.83. The Morgan fingerprint density at radius 2 is 1.44 bits per heavy atom. The lowest BCUT2D eigenvalue weighted by Crippen LogP contribution is -1.89. The van der Waals surface area contributed by atoms with E-state index in [1.165, 1.54) is 24.3 Å². The molecule has 0 saturated carbocycles. The van der Waals surface area contributed by atoms with Crippen LogP contribution in [0.2, 0.25) is 0 Å². The molecule has 0 aromatic heterocycles. The molecule has 1 radical (unpaired) electrons. The van der Waals surface area contributed by atoms with E-state index in [-0.39, 0.29) is 5.56 Å². The molecule has 0 N–H and O–H groups in total. The van der Waals surface area contributed by atoms with E-state index in [1.807, 2.05) is 42.5 Å². The van der Waals surface area contributed by atoms with Gasteiger partial charge in [-0.2, -0.15) is 0 Å². The minimum Gasteiger partial charge on any atom is -0.390 e. The van der Waals surface area contributed by atoms with Gasteiger partial charge in [0.05, 0.1) is 0 Å². The number of alkyl halides is 2. The maximum Gasteiger partial charge on any atom is 0.263 e. The van der Waals surface area contributed by atoms with Gasteiger partial charge in [0.25, 0.3) is 6.43 Å². The summed E-state index contributed by atoms with van der Waals surface area (Å²) in [6.45, 7) is 0.317. The van der Waals surface area contributed by atoms with Crippen LogP contribution in [0.4, 0.5) is 8.78 Å². The molecule has 0 bridgehead atoms. The number of benzene rings is 3. The number of halogens is 2. The standard InChI is InChI=1S/C21H16F2NO/c22-21(23)20-12-6-16(7-13-20)14-24-25-15-17-8-10-19(11-9-17)18-4-2-1-3-5-18/h1-13,21H,15H2. The monoisotopic (exact) mass is 336 g/mol. The minimum atomic E-state index is -2.47. The van der Waals surface area contributed by atoms with Crippen LogP contribution in [0.15, 0.2) is 84.0 Å². The van der Waals surface area contributed by atoms with E-state index in [9.17, 15) is 8.78 Å². The molecular formula is C21H16F2NO. The van der Waals surface area contributed by atoms with Crippen LogP contribution in [0.1, 0.15) is 23.1 Å². The van der Waals surface area contributed by atoms with Gasteiger partial charge in [0, 0.05) is 11.1 Å². The summed E-state index contributed by atoms with van der Waals surface area (Å²) in [7, 11) is 0. The highest BCUT2D eigenvalue weighted by Gasteiger charge is 2.05. The summed E-state index contributed by atoms with van der Waals surface area (Å²) in [4.78, 5) is 5.21. The molecule has 125 valence electrons. The molecule has 2 nitrogen and oxygen atoms in total. The van der Waals surface area contributed by atoms with E-state index in [2.05, 4.69) is 23.5 Å². The largest absolute Gasteiger partial charge is 0.390 e. The zero-order chi connectivity index (χ0) is 17.5. The lowest BCUT2D eigenvalue weighted by molar-refractivity contribution is 0.132. The number of rotatable bonds is 6. The predicted molar refractivity (Wildman–Crippen MR) is 94.6 cm³/mol. The summed E-state index contributed by atoms with van der Waals surface area (Å²) in [6.07, 6.45) is 0.205. The first kappa shape index (κ1) is 16.8. The summed E-state index contributed by atoms with van der Waals surface area (Å²) in [5.74, 6) is 0. The fourth-order valence-corrected chi connectivity index (χ4v) is 2.32. The molecule has 0 fully saturated rings. The molecule has 0 spiro atoms. The van der Waals surface area contributed by atoms with Gasteiger partial charge < -0.3 is 4.84 Å². The Kier molecular flexibility index (Phi) is 5.52. The summed E-state index contributed by atoms with van der Waals surface area (Å²) >= 11 is 0. The molecule has 0 amide bonds. The van der Waals surface area contributed by atoms with Gasteiger partial charge in [0.1, 0.15) is 12.8 Å². The molecule has 25 heavy (non-hydrogen) atoms. The third-order valence-electron chi connectivity index (χ3n) is 3.69. The molecule has 0 aliphatic heterocycles. The van der Waals surface area contributed by atoms with Gasteiger partial charge in [-0.05, 0) is 16.7 Å². The summed E-state index contributed by atoms with van der Waals surface area (Å²) in [6, 6.07) is 23.9. The SMILES string of the molecule is FC(F)c1ccc(/[C]=N\OCc2ccc(-c3ccccc3)cc2)cc1. The molecule has 0 heterocycles. The third-order valence-corrected chi connectivity index (χ3v) is 3.69. The molecule has 0 aliphatic rings. The van der Waals surface area contributed by atoms with Crippen molar-refractivity contribution in [2.45, 2.75) is 13.0 Å². The van der Waals surface area contributed by atoms with Crippen LogP contribution in [0, 0.1) is 0 Å². The van der Waals surface area contributed by atoms with Crippen molar-refractivity contribution < 1.29 is 13.6 Å². The maximum atomic E-state index is 12.5. The Hall–Kier alpha value is -3.01. The average Bonchev–Trinajstić information content (AvgIpc) is 2.67. The van der Waals surface area contributed by atoms with E-state index in [0.717, 1.165) is 16.7 Å². The average molecular weight is 336 g/mol. The van der Waals surface area contributed by atoms with Crippen molar-refractivity contribution in [3.05, 3.63) is 95.6 Å². The van der Waals surface area contributed by atoms with Gasteiger partial charge in [-0.25, -0.2) is 8.78 Å². The Labute approximate surface area is 145 Å². The van der Waals surface area contributed by atoms with Gasteiger partial charge in [-0.3, -0.25) is 0 Å². The van der Waals surface area contributed by atoms with Gasteiger partial charge >= 0.3 is 0 Å². The van der Waals surface area contributed by atoms with Crippen LogP contribution >= 0.6 is 0 Å². The maximum absolute atomic E-state index is 12.5. The highest BCUT2D eigenvalue weighted by Crippen LogP contribution is 2.20. The predicted octanol–water partition coefficient (Wildman–Crippen LogP) is 5.72. The molecular weight excluding hydrogens is 320 g/mol. The summed E-state index contributed by atoms with van der Waals surface area (Å²) in [5.41, 5.74) is 3.85. The van der Waals surface area contributed by atoms with Crippen molar-refractivity contribution in [1.29, 1.82) is 0 Å². The molecule has 0 aliphatic carbocycles. The summed E-state index contributed by atoms with van der Waals surface area (Å²) in [5, 5.41) is 3.75. The fourth-order valence-electron chi connectivity index (χ4n) is 2.32. The first-order valence-electron chi connectivity index (χ1n) is 7.83. The van der Waals surface area contributed by atoms with Crippen LogP contribution < -0.4 is 0 Å². The zero-order valence-corrected chi connectivity index (χ0v) is 13.4. The van der Waals surface area contributed by atoms with E-state index in [4.69, 9.17) is 4.84 Å². The second-order valence-corrected chi connectivity index (χ2v) is 5.46. The Bertz CT molecular complexity index is 813. The summed E-state index contributed by atoms with van der Waals surface area (Å²) < 4.78 is 24.9. The van der Waals surface area contributed by atoms with Crippen molar-refractivity contribution in [3.8, 4) is 11.1 Å². The van der Waals surface area contributed by atoms with Crippen LogP contribution in [-0.2, 0) is 11.4 Å². The highest BCUT2D eigenvalue weighted by molar-refractivity contribution is 5.79. The van der Waals surface area contributed by atoms with Crippen LogP contribution in [0.25, 0.3) is 11.1 Å². The van der Waals surface area contributed by atoms with E-state index in [0.29, 0.717) is 12.2 Å². The molecule has 0 atom stereocenters. The first-order chi connectivity index (χ1) is 12.2. The fraction of sp³-hybridized carbons (Fsp3) is 0.0952. The van der Waals surface area contributed by atoms with E-state index >= 15 is 0 Å². The second-order valence-electron chi connectivity index (χ2n) is 5.46. The smallest absolute Gasteiger partial charge is 0.263 e. The van der Waals surface area contributed by atoms with Gasteiger partial charge in [0.15, 0.2) is 0 Å². The van der Waals surface area contributed by atoms with Crippen LogP contribution in [0.5, 0.6) is 0 Å². The van der Waals surface area contributed by atoms with Crippen molar-refractivity contribution in [2.75, 3.05) is 0 Å². The van der Waals surface area contributed by atoms with Crippen LogP contribution in [0.3, 0.4) is 0 Å². The van der Waals surface area contributed by atoms with Crippen molar-refractivity contribution in [2.24, 2.45) is 5.16 Å². The van der Waals surface area contributed by atoms with Crippen molar-refractivity contribution in [1.82, 2.24) is 0 Å². The number of nitrogens with zero attached hydrogens (tertiary/aromatic N) is 1. The lowest BCUT2D eigenvalue weighted by atomic mass is 10.0. The third kappa shape index (κ3) is 4.73. The Morgan fingerprint density at radius 1 is 0.800 bits per heavy atom. The van der Waals surface area contributed by atoms with E-state index in [1.54, 1.807) is 0 Å². The van der Waals surface area contributed by atoms with E-state index < -0.39 is 6.43 Å². The lowest BCUT2D eigenvalue weighted by Gasteiger charge is -2.04. The Morgan fingerprint density at radius 3 is 2.08 bits per heavy atom.